The molecule has 0 aliphatic carbocycles. The van der Waals surface area contributed by atoms with Gasteiger partial charge in [-0.2, -0.15) is 0 Å². The number of carbonyl (C=O) groups excluding carboxylic acids is 3. The second-order valence-electron chi connectivity index (χ2n) is 5.83. The summed E-state index contributed by atoms with van der Waals surface area (Å²) in [5.74, 6) is -1.73. The van der Waals surface area contributed by atoms with E-state index in [0.717, 1.165) is 4.90 Å². The topological polar surface area (TPSA) is 66.5 Å². The van der Waals surface area contributed by atoms with Gasteiger partial charge in [-0.25, -0.2) is 4.39 Å². The van der Waals surface area contributed by atoms with Crippen LogP contribution in [0.15, 0.2) is 48.5 Å². The highest BCUT2D eigenvalue weighted by molar-refractivity contribution is 6.22. The second-order valence-corrected chi connectivity index (χ2v) is 5.83. The molecular weight excluding hydrogens is 323 g/mol. The molecule has 1 N–H and O–H groups in total. The molecule has 0 bridgehead atoms. The Labute approximate surface area is 144 Å². The number of hydrogen-bond donors (Lipinski definition) is 1. The number of rotatable bonds is 5. The van der Waals surface area contributed by atoms with Crippen molar-refractivity contribution in [2.45, 2.75) is 19.4 Å². The number of hydrogen-bond acceptors (Lipinski definition) is 3. The van der Waals surface area contributed by atoms with Crippen LogP contribution in [0.4, 0.5) is 4.39 Å². The van der Waals surface area contributed by atoms with Gasteiger partial charge in [-0.15, -0.1) is 0 Å². The van der Waals surface area contributed by atoms with Gasteiger partial charge in [0.25, 0.3) is 11.8 Å². The Morgan fingerprint density at radius 1 is 1.04 bits per heavy atom. The summed E-state index contributed by atoms with van der Waals surface area (Å²) in [4.78, 5) is 38.0. The lowest BCUT2D eigenvalue weighted by molar-refractivity contribution is -0.124. The van der Waals surface area contributed by atoms with Crippen molar-refractivity contribution in [1.82, 2.24) is 10.2 Å². The standard InChI is InChI=1S/C19H17FN2O3/c1-12(17(23)21-11-10-13-6-2-5-9-16(13)20)22-18(24)14-7-3-4-8-15(14)19(22)25/h2-9,12H,10-11H2,1H3,(H,21,23)/t12-/m1/s1. The highest BCUT2D eigenvalue weighted by Crippen LogP contribution is 2.24. The first-order valence-electron chi connectivity index (χ1n) is 7.98. The lowest BCUT2D eigenvalue weighted by Crippen LogP contribution is -2.48. The predicted molar refractivity (Wildman–Crippen MR) is 89.5 cm³/mol. The van der Waals surface area contributed by atoms with Crippen LogP contribution in [0.25, 0.3) is 0 Å². The normalized spacial score (nSPS) is 14.4. The number of nitrogens with zero attached hydrogens (tertiary/aromatic N) is 1. The summed E-state index contributed by atoms with van der Waals surface area (Å²) in [7, 11) is 0. The molecule has 6 heteroatoms. The molecule has 2 aromatic rings. The fraction of sp³-hybridized carbons (Fsp3) is 0.211. The summed E-state index contributed by atoms with van der Waals surface area (Å²) in [5.41, 5.74) is 1.10. The first kappa shape index (κ1) is 16.8. The largest absolute Gasteiger partial charge is 0.354 e. The number of carbonyl (C=O) groups is 3. The van der Waals surface area contributed by atoms with Gasteiger partial charge in [-0.3, -0.25) is 19.3 Å². The minimum absolute atomic E-state index is 0.216. The van der Waals surface area contributed by atoms with E-state index in [1.807, 2.05) is 0 Å². The Bertz CT molecular complexity index is 815. The first-order valence-corrected chi connectivity index (χ1v) is 7.98. The molecule has 2 aromatic carbocycles. The van der Waals surface area contributed by atoms with E-state index in [1.165, 1.54) is 13.0 Å². The van der Waals surface area contributed by atoms with Crippen molar-refractivity contribution in [3.63, 3.8) is 0 Å². The Hall–Kier alpha value is -3.02. The van der Waals surface area contributed by atoms with Crippen LogP contribution in [0.1, 0.15) is 33.2 Å². The summed E-state index contributed by atoms with van der Waals surface area (Å²) in [5, 5.41) is 2.65. The molecule has 3 rings (SSSR count). The zero-order valence-electron chi connectivity index (χ0n) is 13.7. The highest BCUT2D eigenvalue weighted by atomic mass is 19.1. The molecule has 1 heterocycles. The SMILES string of the molecule is C[C@H](C(=O)NCCc1ccccc1F)N1C(=O)c2ccccc2C1=O. The highest BCUT2D eigenvalue weighted by Gasteiger charge is 2.40. The van der Waals surface area contributed by atoms with Crippen LogP contribution in [0, 0.1) is 5.82 Å². The van der Waals surface area contributed by atoms with Gasteiger partial charge in [0.2, 0.25) is 5.91 Å². The zero-order chi connectivity index (χ0) is 18.0. The van der Waals surface area contributed by atoms with Gasteiger partial charge < -0.3 is 5.32 Å². The smallest absolute Gasteiger partial charge is 0.262 e. The Balaban J connectivity index is 1.63. The van der Waals surface area contributed by atoms with E-state index < -0.39 is 23.8 Å². The van der Waals surface area contributed by atoms with Gasteiger partial charge in [0, 0.05) is 6.54 Å². The Morgan fingerprint density at radius 3 is 2.20 bits per heavy atom. The molecule has 0 saturated heterocycles. The van der Waals surface area contributed by atoms with E-state index in [9.17, 15) is 18.8 Å². The van der Waals surface area contributed by atoms with Crippen molar-refractivity contribution in [2.24, 2.45) is 0 Å². The van der Waals surface area contributed by atoms with E-state index in [4.69, 9.17) is 0 Å². The van der Waals surface area contributed by atoms with Crippen molar-refractivity contribution >= 4 is 17.7 Å². The molecule has 1 aliphatic rings. The van der Waals surface area contributed by atoms with Gasteiger partial charge in [0.1, 0.15) is 11.9 Å². The van der Waals surface area contributed by atoms with Crippen molar-refractivity contribution in [3.05, 3.63) is 71.0 Å². The average molecular weight is 340 g/mol. The van der Waals surface area contributed by atoms with Crippen LogP contribution in [0.2, 0.25) is 0 Å². The summed E-state index contributed by atoms with van der Waals surface area (Å²) in [6.45, 7) is 1.72. The second kappa shape index (κ2) is 6.84. The first-order chi connectivity index (χ1) is 12.0. The van der Waals surface area contributed by atoms with Crippen molar-refractivity contribution in [1.29, 1.82) is 0 Å². The predicted octanol–water partition coefficient (Wildman–Crippen LogP) is 2.17. The van der Waals surface area contributed by atoms with Gasteiger partial charge >= 0.3 is 0 Å². The third-order valence-corrected chi connectivity index (χ3v) is 4.24. The van der Waals surface area contributed by atoms with E-state index in [2.05, 4.69) is 5.32 Å². The molecule has 0 aromatic heterocycles. The average Bonchev–Trinajstić information content (AvgIpc) is 2.87. The summed E-state index contributed by atoms with van der Waals surface area (Å²) in [6.07, 6.45) is 0.327. The lowest BCUT2D eigenvalue weighted by Gasteiger charge is -2.21. The van der Waals surface area contributed by atoms with Crippen molar-refractivity contribution < 1.29 is 18.8 Å². The third-order valence-electron chi connectivity index (χ3n) is 4.24. The number of amides is 3. The van der Waals surface area contributed by atoms with E-state index in [-0.39, 0.29) is 12.4 Å². The molecule has 0 spiro atoms. The molecule has 0 radical (unpaired) electrons. The van der Waals surface area contributed by atoms with E-state index in [1.54, 1.807) is 42.5 Å². The monoisotopic (exact) mass is 340 g/mol. The molecule has 128 valence electrons. The van der Waals surface area contributed by atoms with Crippen LogP contribution < -0.4 is 5.32 Å². The van der Waals surface area contributed by atoms with Crippen LogP contribution in [-0.4, -0.2) is 35.2 Å². The van der Waals surface area contributed by atoms with Crippen LogP contribution in [0.3, 0.4) is 0 Å². The number of imide groups is 1. The third kappa shape index (κ3) is 3.15. The summed E-state index contributed by atoms with van der Waals surface area (Å²) in [6, 6.07) is 11.9. The summed E-state index contributed by atoms with van der Waals surface area (Å²) >= 11 is 0. The molecular formula is C19H17FN2O3. The molecule has 3 amide bonds. The van der Waals surface area contributed by atoms with Gasteiger partial charge in [-0.1, -0.05) is 30.3 Å². The van der Waals surface area contributed by atoms with Gasteiger partial charge in [-0.05, 0) is 37.1 Å². The molecule has 25 heavy (non-hydrogen) atoms. The van der Waals surface area contributed by atoms with Crippen LogP contribution in [-0.2, 0) is 11.2 Å². The number of halogens is 1. The maximum absolute atomic E-state index is 13.6. The van der Waals surface area contributed by atoms with Gasteiger partial charge in [0.05, 0.1) is 11.1 Å². The van der Waals surface area contributed by atoms with Crippen molar-refractivity contribution in [2.75, 3.05) is 6.54 Å². The van der Waals surface area contributed by atoms with Crippen LogP contribution in [0.5, 0.6) is 0 Å². The maximum Gasteiger partial charge on any atom is 0.262 e. The number of benzene rings is 2. The molecule has 0 saturated carbocycles. The molecule has 0 fully saturated rings. The zero-order valence-corrected chi connectivity index (χ0v) is 13.7. The Kier molecular flexibility index (Phi) is 4.61. The molecule has 5 nitrogen and oxygen atoms in total. The minimum atomic E-state index is -0.937. The van der Waals surface area contributed by atoms with Crippen LogP contribution >= 0.6 is 0 Å². The minimum Gasteiger partial charge on any atom is -0.354 e. The number of nitrogens with one attached hydrogen (secondary N) is 1. The fourth-order valence-electron chi connectivity index (χ4n) is 2.85. The molecule has 1 atom stereocenters. The fourth-order valence-corrected chi connectivity index (χ4v) is 2.85. The quantitative estimate of drug-likeness (QED) is 0.849. The number of fused-ring (bicyclic) bond motifs is 1. The summed E-state index contributed by atoms with van der Waals surface area (Å²) < 4.78 is 13.6. The maximum atomic E-state index is 13.6. The van der Waals surface area contributed by atoms with E-state index in [0.29, 0.717) is 23.1 Å². The lowest BCUT2D eigenvalue weighted by atomic mass is 10.1. The Morgan fingerprint density at radius 2 is 1.60 bits per heavy atom. The molecule has 0 unspecified atom stereocenters. The molecule has 1 aliphatic heterocycles. The van der Waals surface area contributed by atoms with E-state index >= 15 is 0 Å². The van der Waals surface area contributed by atoms with Gasteiger partial charge in [0.15, 0.2) is 0 Å². The van der Waals surface area contributed by atoms with Crippen molar-refractivity contribution in [3.8, 4) is 0 Å².